The first-order chi connectivity index (χ1) is 7.18. The minimum absolute atomic E-state index is 0.0906. The number of carbonyl (C=O) groups is 1. The fourth-order valence-corrected chi connectivity index (χ4v) is 2.01. The highest BCUT2D eigenvalue weighted by Crippen LogP contribution is 2.26. The van der Waals surface area contributed by atoms with Crippen molar-refractivity contribution < 1.29 is 14.3 Å². The van der Waals surface area contributed by atoms with Gasteiger partial charge in [-0.2, -0.15) is 0 Å². The van der Waals surface area contributed by atoms with E-state index in [0.29, 0.717) is 6.61 Å². The van der Waals surface area contributed by atoms with Crippen LogP contribution in [-0.4, -0.2) is 18.9 Å². The first-order valence-electron chi connectivity index (χ1n) is 6.02. The van der Waals surface area contributed by atoms with Crippen molar-refractivity contribution in [3.63, 3.8) is 0 Å². The van der Waals surface area contributed by atoms with Gasteiger partial charge in [0.05, 0.1) is 12.7 Å². The fourth-order valence-electron chi connectivity index (χ4n) is 2.01. The Morgan fingerprint density at radius 3 is 2.53 bits per heavy atom. The Morgan fingerprint density at radius 2 is 1.93 bits per heavy atom. The van der Waals surface area contributed by atoms with Crippen LogP contribution in [0.4, 0.5) is 4.79 Å². The molecule has 0 radical (unpaired) electrons. The summed E-state index contributed by atoms with van der Waals surface area (Å²) in [6, 6.07) is 0. The molecule has 15 heavy (non-hydrogen) atoms. The normalized spacial score (nSPS) is 17.8. The molecule has 0 heterocycles. The van der Waals surface area contributed by atoms with Gasteiger partial charge in [-0.15, -0.1) is 0 Å². The first-order valence-corrected chi connectivity index (χ1v) is 6.02. The average molecular weight is 214 g/mol. The largest absolute Gasteiger partial charge is 0.508 e. The zero-order chi connectivity index (χ0) is 11.1. The van der Waals surface area contributed by atoms with Crippen molar-refractivity contribution >= 4 is 6.16 Å². The molecule has 1 fully saturated rings. The van der Waals surface area contributed by atoms with Gasteiger partial charge in [0, 0.05) is 0 Å². The maximum atomic E-state index is 11.1. The second kappa shape index (κ2) is 6.70. The Labute approximate surface area is 92.1 Å². The number of ether oxygens (including phenoxy) is 2. The van der Waals surface area contributed by atoms with Gasteiger partial charge >= 0.3 is 6.16 Å². The summed E-state index contributed by atoms with van der Waals surface area (Å²) in [4.78, 5) is 11.1. The number of hydrogen-bond acceptors (Lipinski definition) is 3. The van der Waals surface area contributed by atoms with E-state index < -0.39 is 6.16 Å². The van der Waals surface area contributed by atoms with Gasteiger partial charge in [-0.25, -0.2) is 4.79 Å². The Morgan fingerprint density at radius 1 is 1.27 bits per heavy atom. The monoisotopic (exact) mass is 214 g/mol. The van der Waals surface area contributed by atoms with Crippen molar-refractivity contribution in [1.82, 2.24) is 0 Å². The molecule has 0 spiro atoms. The molecule has 0 unspecified atom stereocenters. The van der Waals surface area contributed by atoms with E-state index in [0.717, 1.165) is 12.3 Å². The lowest BCUT2D eigenvalue weighted by molar-refractivity contribution is 0.0306. The Hall–Kier alpha value is -0.730. The zero-order valence-corrected chi connectivity index (χ0v) is 9.83. The molecule has 0 aliphatic heterocycles. The minimum atomic E-state index is -0.527. The van der Waals surface area contributed by atoms with Gasteiger partial charge in [0.1, 0.15) is 0 Å². The van der Waals surface area contributed by atoms with E-state index in [1.807, 2.05) is 13.8 Å². The molecule has 0 aromatic carbocycles. The van der Waals surface area contributed by atoms with Crippen molar-refractivity contribution in [2.24, 2.45) is 5.92 Å². The lowest BCUT2D eigenvalue weighted by atomic mass is 9.87. The van der Waals surface area contributed by atoms with E-state index in [2.05, 4.69) is 0 Å². The molecule has 1 aliphatic carbocycles. The quantitative estimate of drug-likeness (QED) is 0.672. The van der Waals surface area contributed by atoms with E-state index in [1.54, 1.807) is 0 Å². The highest BCUT2D eigenvalue weighted by Gasteiger charge is 2.14. The third-order valence-electron chi connectivity index (χ3n) is 2.80. The van der Waals surface area contributed by atoms with Crippen molar-refractivity contribution in [2.75, 3.05) is 6.61 Å². The lowest BCUT2D eigenvalue weighted by Gasteiger charge is -2.21. The van der Waals surface area contributed by atoms with Gasteiger partial charge < -0.3 is 9.47 Å². The van der Waals surface area contributed by atoms with Gasteiger partial charge in [0.15, 0.2) is 0 Å². The van der Waals surface area contributed by atoms with Gasteiger partial charge in [0.25, 0.3) is 0 Å². The van der Waals surface area contributed by atoms with Gasteiger partial charge in [-0.1, -0.05) is 32.1 Å². The summed E-state index contributed by atoms with van der Waals surface area (Å²) in [5, 5.41) is 0. The third kappa shape index (κ3) is 5.65. The van der Waals surface area contributed by atoms with Crippen LogP contribution < -0.4 is 0 Å². The summed E-state index contributed by atoms with van der Waals surface area (Å²) in [5.74, 6) is 0.755. The second-order valence-corrected chi connectivity index (χ2v) is 4.56. The van der Waals surface area contributed by atoms with Crippen LogP contribution in [0, 0.1) is 5.92 Å². The Kier molecular flexibility index (Phi) is 5.51. The summed E-state index contributed by atoms with van der Waals surface area (Å²) < 4.78 is 9.87. The highest BCUT2D eigenvalue weighted by atomic mass is 16.7. The Balaban J connectivity index is 2.02. The van der Waals surface area contributed by atoms with E-state index in [4.69, 9.17) is 9.47 Å². The molecule has 0 bridgehead atoms. The maximum absolute atomic E-state index is 11.1. The van der Waals surface area contributed by atoms with E-state index >= 15 is 0 Å². The van der Waals surface area contributed by atoms with Crippen LogP contribution in [0.3, 0.4) is 0 Å². The molecule has 0 N–H and O–H groups in total. The smallest absolute Gasteiger partial charge is 0.434 e. The summed E-state index contributed by atoms with van der Waals surface area (Å²) in [7, 11) is 0. The molecule has 1 rings (SSSR count). The van der Waals surface area contributed by atoms with Crippen molar-refractivity contribution in [1.29, 1.82) is 0 Å². The van der Waals surface area contributed by atoms with Crippen LogP contribution in [-0.2, 0) is 9.47 Å². The second-order valence-electron chi connectivity index (χ2n) is 4.56. The molecule has 0 atom stereocenters. The van der Waals surface area contributed by atoms with Crippen LogP contribution in [0.2, 0.25) is 0 Å². The summed E-state index contributed by atoms with van der Waals surface area (Å²) in [5.41, 5.74) is 0. The van der Waals surface area contributed by atoms with Gasteiger partial charge in [-0.05, 0) is 26.2 Å². The van der Waals surface area contributed by atoms with E-state index in [-0.39, 0.29) is 6.10 Å². The SMILES string of the molecule is CC(C)OC(=O)OCCC1CCCCC1. The number of hydrogen-bond donors (Lipinski definition) is 0. The van der Waals surface area contributed by atoms with Crippen LogP contribution in [0.5, 0.6) is 0 Å². The van der Waals surface area contributed by atoms with Gasteiger partial charge in [0.2, 0.25) is 0 Å². The molecule has 3 nitrogen and oxygen atoms in total. The molecule has 0 aromatic rings. The van der Waals surface area contributed by atoms with Crippen LogP contribution >= 0.6 is 0 Å². The maximum Gasteiger partial charge on any atom is 0.508 e. The molecular formula is C12H22O3. The molecule has 0 saturated heterocycles. The first kappa shape index (κ1) is 12.3. The number of carbonyl (C=O) groups excluding carboxylic acids is 1. The predicted octanol–water partition coefficient (Wildman–Crippen LogP) is 3.52. The molecule has 0 amide bonds. The van der Waals surface area contributed by atoms with Crippen molar-refractivity contribution in [3.8, 4) is 0 Å². The van der Waals surface area contributed by atoms with Crippen molar-refractivity contribution in [3.05, 3.63) is 0 Å². The van der Waals surface area contributed by atoms with Crippen LogP contribution in [0.25, 0.3) is 0 Å². The molecule has 88 valence electrons. The van der Waals surface area contributed by atoms with Crippen molar-refractivity contribution in [2.45, 2.75) is 58.5 Å². The molecule has 3 heteroatoms. The minimum Gasteiger partial charge on any atom is -0.434 e. The molecule has 1 aliphatic rings. The highest BCUT2D eigenvalue weighted by molar-refractivity contribution is 5.59. The molecular weight excluding hydrogens is 192 g/mol. The van der Waals surface area contributed by atoms with Crippen LogP contribution in [0.15, 0.2) is 0 Å². The number of rotatable bonds is 4. The van der Waals surface area contributed by atoms with E-state index in [9.17, 15) is 4.79 Å². The predicted molar refractivity (Wildman–Crippen MR) is 58.8 cm³/mol. The standard InChI is InChI=1S/C12H22O3/c1-10(2)15-12(13)14-9-8-11-6-4-3-5-7-11/h10-11H,3-9H2,1-2H3. The van der Waals surface area contributed by atoms with E-state index in [1.165, 1.54) is 32.1 Å². The topological polar surface area (TPSA) is 35.5 Å². The summed E-state index contributed by atoms with van der Waals surface area (Å²) in [6.45, 7) is 4.15. The summed E-state index contributed by atoms with van der Waals surface area (Å²) in [6.07, 6.45) is 7.00. The van der Waals surface area contributed by atoms with Gasteiger partial charge in [-0.3, -0.25) is 0 Å². The third-order valence-corrected chi connectivity index (χ3v) is 2.80. The Bertz CT molecular complexity index is 183. The molecule has 1 saturated carbocycles. The lowest BCUT2D eigenvalue weighted by Crippen LogP contribution is -2.16. The molecule has 0 aromatic heterocycles. The summed E-state index contributed by atoms with van der Waals surface area (Å²) >= 11 is 0. The average Bonchev–Trinajstić information content (AvgIpc) is 2.18. The zero-order valence-electron chi connectivity index (χ0n) is 9.83. The fraction of sp³-hybridized carbons (Fsp3) is 0.917. The van der Waals surface area contributed by atoms with Crippen LogP contribution in [0.1, 0.15) is 52.4 Å².